The van der Waals surface area contributed by atoms with Gasteiger partial charge in [-0.3, -0.25) is 10.1 Å². The molecule has 3 aromatic rings. The third-order valence-electron chi connectivity index (χ3n) is 3.78. The summed E-state index contributed by atoms with van der Waals surface area (Å²) in [6, 6.07) is 21.0. The minimum absolute atomic E-state index is 0.373. The summed E-state index contributed by atoms with van der Waals surface area (Å²) in [5.41, 5.74) is 2.92. The van der Waals surface area contributed by atoms with Gasteiger partial charge in [0.2, 0.25) is 6.20 Å². The van der Waals surface area contributed by atoms with Crippen LogP contribution in [-0.2, 0) is 6.61 Å². The molecular weight excluding hydrogens is 333 g/mol. The van der Waals surface area contributed by atoms with E-state index in [0.717, 1.165) is 11.8 Å². The molecule has 0 aliphatic carbocycles. The van der Waals surface area contributed by atoms with E-state index in [1.54, 1.807) is 30.3 Å². The van der Waals surface area contributed by atoms with Gasteiger partial charge in [0.1, 0.15) is 18.2 Å². The number of halogens is 1. The molecule has 26 heavy (non-hydrogen) atoms. The lowest BCUT2D eigenvalue weighted by Crippen LogP contribution is -1.96. The van der Waals surface area contributed by atoms with Crippen LogP contribution in [0.3, 0.4) is 0 Å². The number of hydrogen-bond acceptors (Lipinski definition) is 3. The zero-order chi connectivity index (χ0) is 18.4. The maximum Gasteiger partial charge on any atom is 0.235 e. The Morgan fingerprint density at radius 2 is 1.81 bits per heavy atom. The van der Waals surface area contributed by atoms with Gasteiger partial charge in [0.05, 0.1) is 4.92 Å². The maximum absolute atomic E-state index is 13.6. The van der Waals surface area contributed by atoms with Gasteiger partial charge in [-0.1, -0.05) is 48.5 Å². The number of benzene rings is 3. The molecule has 0 spiro atoms. The van der Waals surface area contributed by atoms with Crippen molar-refractivity contribution in [2.45, 2.75) is 6.61 Å². The molecule has 5 heteroatoms. The number of nitrogens with zero attached hydrogens (tertiary/aromatic N) is 1. The molecule has 3 rings (SSSR count). The lowest BCUT2D eigenvalue weighted by molar-refractivity contribution is -0.400. The number of rotatable bonds is 6. The van der Waals surface area contributed by atoms with Gasteiger partial charge < -0.3 is 4.74 Å². The van der Waals surface area contributed by atoms with E-state index in [-0.39, 0.29) is 5.82 Å². The zero-order valence-corrected chi connectivity index (χ0v) is 13.8. The topological polar surface area (TPSA) is 52.4 Å². The van der Waals surface area contributed by atoms with Crippen molar-refractivity contribution in [1.29, 1.82) is 0 Å². The Balaban J connectivity index is 1.93. The van der Waals surface area contributed by atoms with Gasteiger partial charge in [-0.15, -0.1) is 0 Å². The fourth-order valence-corrected chi connectivity index (χ4v) is 2.56. The van der Waals surface area contributed by atoms with Gasteiger partial charge in [0.25, 0.3) is 0 Å². The Kier molecular flexibility index (Phi) is 5.39. The molecule has 0 fully saturated rings. The van der Waals surface area contributed by atoms with Gasteiger partial charge >= 0.3 is 0 Å². The third-order valence-corrected chi connectivity index (χ3v) is 3.78. The Morgan fingerprint density at radius 1 is 1.00 bits per heavy atom. The average Bonchev–Trinajstić information content (AvgIpc) is 2.66. The molecule has 0 amide bonds. The first-order valence-corrected chi connectivity index (χ1v) is 8.00. The van der Waals surface area contributed by atoms with Gasteiger partial charge in [0, 0.05) is 6.08 Å². The molecule has 130 valence electrons. The molecule has 0 saturated heterocycles. The van der Waals surface area contributed by atoms with Gasteiger partial charge in [-0.05, 0) is 46.5 Å². The lowest BCUT2D eigenvalue weighted by atomic mass is 9.99. The molecule has 0 N–H and O–H groups in total. The fraction of sp³-hybridized carbons (Fsp3) is 0.0476. The van der Waals surface area contributed by atoms with Crippen LogP contribution in [0.1, 0.15) is 11.1 Å². The van der Waals surface area contributed by atoms with Crippen LogP contribution in [0.25, 0.3) is 17.2 Å². The molecule has 0 bridgehead atoms. The van der Waals surface area contributed by atoms with E-state index < -0.39 is 4.92 Å². The van der Waals surface area contributed by atoms with Crippen molar-refractivity contribution in [3.05, 3.63) is 106 Å². The van der Waals surface area contributed by atoms with E-state index in [0.29, 0.717) is 29.0 Å². The van der Waals surface area contributed by atoms with E-state index in [1.807, 2.05) is 30.3 Å². The largest absolute Gasteiger partial charge is 0.489 e. The van der Waals surface area contributed by atoms with Crippen LogP contribution in [0.15, 0.2) is 79.0 Å². The van der Waals surface area contributed by atoms with Crippen LogP contribution in [0, 0.1) is 15.9 Å². The predicted molar refractivity (Wildman–Crippen MR) is 98.6 cm³/mol. The molecule has 4 nitrogen and oxygen atoms in total. The van der Waals surface area contributed by atoms with Crippen molar-refractivity contribution in [3.63, 3.8) is 0 Å². The second-order valence-corrected chi connectivity index (χ2v) is 5.63. The molecule has 0 heterocycles. The van der Waals surface area contributed by atoms with Crippen molar-refractivity contribution in [2.75, 3.05) is 0 Å². The van der Waals surface area contributed by atoms with E-state index in [1.165, 1.54) is 18.2 Å². The molecule has 0 atom stereocenters. The summed E-state index contributed by atoms with van der Waals surface area (Å²) >= 11 is 0. The highest BCUT2D eigenvalue weighted by Crippen LogP contribution is 2.30. The van der Waals surface area contributed by atoms with Crippen molar-refractivity contribution in [3.8, 4) is 16.9 Å². The van der Waals surface area contributed by atoms with E-state index in [9.17, 15) is 14.5 Å². The summed E-state index contributed by atoms with van der Waals surface area (Å²) in [5, 5.41) is 10.6. The normalized spacial score (nSPS) is 10.8. The molecule has 0 unspecified atom stereocenters. The minimum atomic E-state index is -0.533. The molecule has 0 aromatic heterocycles. The maximum atomic E-state index is 13.6. The molecule has 0 aliphatic rings. The first-order valence-electron chi connectivity index (χ1n) is 8.00. The van der Waals surface area contributed by atoms with E-state index >= 15 is 0 Å². The lowest BCUT2D eigenvalue weighted by Gasteiger charge is -2.11. The summed E-state index contributed by atoms with van der Waals surface area (Å²) in [7, 11) is 0. The van der Waals surface area contributed by atoms with Gasteiger partial charge in [0.15, 0.2) is 0 Å². The number of ether oxygens (including phenoxy) is 1. The first-order chi connectivity index (χ1) is 12.6. The van der Waals surface area contributed by atoms with Crippen LogP contribution in [0.2, 0.25) is 0 Å². The first kappa shape index (κ1) is 17.4. The Morgan fingerprint density at radius 3 is 2.54 bits per heavy atom. The Labute approximate surface area is 150 Å². The predicted octanol–water partition coefficient (Wildman–Crippen LogP) is 5.32. The summed E-state index contributed by atoms with van der Waals surface area (Å²) in [4.78, 5) is 10.1. The Hall–Kier alpha value is -3.47. The molecule has 0 saturated carbocycles. The fourth-order valence-electron chi connectivity index (χ4n) is 2.56. The van der Waals surface area contributed by atoms with Crippen molar-refractivity contribution < 1.29 is 14.1 Å². The average molecular weight is 349 g/mol. The van der Waals surface area contributed by atoms with Crippen LogP contribution >= 0.6 is 0 Å². The van der Waals surface area contributed by atoms with Crippen LogP contribution in [-0.4, -0.2) is 4.92 Å². The second-order valence-electron chi connectivity index (χ2n) is 5.63. The van der Waals surface area contributed by atoms with Crippen molar-refractivity contribution in [2.24, 2.45) is 0 Å². The highest BCUT2D eigenvalue weighted by Gasteiger charge is 2.08. The smallest absolute Gasteiger partial charge is 0.235 e. The van der Waals surface area contributed by atoms with Gasteiger partial charge in [-0.25, -0.2) is 4.39 Å². The summed E-state index contributed by atoms with van der Waals surface area (Å²) in [5.74, 6) is 0.230. The third kappa shape index (κ3) is 4.54. The van der Waals surface area contributed by atoms with E-state index in [4.69, 9.17) is 4.74 Å². The van der Waals surface area contributed by atoms with Crippen LogP contribution < -0.4 is 4.74 Å². The van der Waals surface area contributed by atoms with E-state index in [2.05, 4.69) is 0 Å². The highest BCUT2D eigenvalue weighted by molar-refractivity contribution is 5.76. The molecule has 3 aromatic carbocycles. The van der Waals surface area contributed by atoms with Gasteiger partial charge in [-0.2, -0.15) is 0 Å². The van der Waals surface area contributed by atoms with Crippen molar-refractivity contribution >= 4 is 6.08 Å². The highest BCUT2D eigenvalue weighted by atomic mass is 19.1. The summed E-state index contributed by atoms with van der Waals surface area (Å²) < 4.78 is 19.4. The standard InChI is InChI=1S/C21H16FNO3/c22-19-8-4-7-18(13-19)21-14-20(10-9-17(21)11-12-23(24)25)26-15-16-5-2-1-3-6-16/h1-14H,15H2/b12-11+. The van der Waals surface area contributed by atoms with Crippen LogP contribution in [0.4, 0.5) is 4.39 Å². The van der Waals surface area contributed by atoms with Crippen LogP contribution in [0.5, 0.6) is 5.75 Å². The minimum Gasteiger partial charge on any atom is -0.489 e. The van der Waals surface area contributed by atoms with Crippen molar-refractivity contribution in [1.82, 2.24) is 0 Å². The zero-order valence-electron chi connectivity index (χ0n) is 13.8. The number of hydrogen-bond donors (Lipinski definition) is 0. The second kappa shape index (κ2) is 8.07. The quantitative estimate of drug-likeness (QED) is 0.447. The molecule has 0 radical (unpaired) electrons. The summed E-state index contributed by atoms with van der Waals surface area (Å²) in [6.45, 7) is 0.396. The SMILES string of the molecule is O=[N+]([O-])/C=C/c1ccc(OCc2ccccc2)cc1-c1cccc(F)c1. The summed E-state index contributed by atoms with van der Waals surface area (Å²) in [6.07, 6.45) is 2.25. The molecule has 0 aliphatic heterocycles. The number of nitro groups is 1. The Bertz CT molecular complexity index is 939. The molecular formula is C21H16FNO3. The monoisotopic (exact) mass is 349 g/mol.